The maximum absolute atomic E-state index is 4.19. The van der Waals surface area contributed by atoms with Crippen molar-refractivity contribution < 1.29 is 0 Å². The molecule has 3 heteroatoms. The van der Waals surface area contributed by atoms with E-state index in [9.17, 15) is 0 Å². The van der Waals surface area contributed by atoms with E-state index in [2.05, 4.69) is 41.5 Å². The molecule has 0 amide bonds. The topological polar surface area (TPSA) is 24.9 Å². The van der Waals surface area contributed by atoms with Gasteiger partial charge in [-0.25, -0.2) is 0 Å². The number of fused-ring (bicyclic) bond motifs is 1. The maximum atomic E-state index is 4.19. The Morgan fingerprint density at radius 3 is 3.00 bits per heavy atom. The van der Waals surface area contributed by atoms with Gasteiger partial charge in [-0.1, -0.05) is 25.1 Å². The number of benzene rings is 1. The van der Waals surface area contributed by atoms with Crippen LogP contribution in [0.1, 0.15) is 24.9 Å². The molecular formula is C15H20N2S. The summed E-state index contributed by atoms with van der Waals surface area (Å²) in [5.74, 6) is 2.34. The summed E-state index contributed by atoms with van der Waals surface area (Å²) >= 11 is 2.01. The van der Waals surface area contributed by atoms with Crippen molar-refractivity contribution in [3.05, 3.63) is 42.2 Å². The van der Waals surface area contributed by atoms with Crippen molar-refractivity contribution >= 4 is 22.5 Å². The molecular weight excluding hydrogens is 240 g/mol. The third-order valence-electron chi connectivity index (χ3n) is 3.07. The third-order valence-corrected chi connectivity index (χ3v) is 4.34. The number of rotatable bonds is 6. The van der Waals surface area contributed by atoms with Crippen LogP contribution in [0.5, 0.6) is 0 Å². The number of hydrogen-bond acceptors (Lipinski definition) is 3. The number of pyridine rings is 1. The highest BCUT2D eigenvalue weighted by Crippen LogP contribution is 2.26. The molecule has 1 heterocycles. The van der Waals surface area contributed by atoms with Gasteiger partial charge in [0.1, 0.15) is 0 Å². The fraction of sp³-hybridized carbons (Fsp3) is 0.400. The largest absolute Gasteiger partial charge is 0.312 e. The number of aromatic nitrogens is 1. The Hall–Kier alpha value is -1.06. The number of nitrogens with zero attached hydrogens (tertiary/aromatic N) is 1. The van der Waals surface area contributed by atoms with Crippen LogP contribution in [-0.4, -0.2) is 23.5 Å². The molecule has 0 saturated heterocycles. The molecule has 2 nitrogen and oxygen atoms in total. The van der Waals surface area contributed by atoms with E-state index >= 15 is 0 Å². The lowest BCUT2D eigenvalue weighted by atomic mass is 10.0. The molecule has 0 radical (unpaired) electrons. The Kier molecular flexibility index (Phi) is 5.02. The first-order valence-corrected chi connectivity index (χ1v) is 7.60. The Morgan fingerprint density at radius 1 is 1.33 bits per heavy atom. The van der Waals surface area contributed by atoms with Gasteiger partial charge in [0.2, 0.25) is 0 Å². The van der Waals surface area contributed by atoms with Crippen LogP contribution in [0.4, 0.5) is 0 Å². The fourth-order valence-corrected chi connectivity index (χ4v) is 3.16. The lowest BCUT2D eigenvalue weighted by molar-refractivity contribution is 0.666. The summed E-state index contributed by atoms with van der Waals surface area (Å²) in [7, 11) is 2.04. The normalized spacial score (nSPS) is 12.8. The summed E-state index contributed by atoms with van der Waals surface area (Å²) in [5.41, 5.74) is 1.38. The standard InChI is InChI=1S/C15H20N2S/c1-3-9-18-11-15(16-2)14-6-4-5-12-10-17-8-7-13(12)14/h4-8,10,15-16H,3,9,11H2,1-2H3. The van der Waals surface area contributed by atoms with Crippen molar-refractivity contribution in [1.29, 1.82) is 0 Å². The minimum Gasteiger partial charge on any atom is -0.312 e. The predicted molar refractivity (Wildman–Crippen MR) is 81.2 cm³/mol. The van der Waals surface area contributed by atoms with Gasteiger partial charge >= 0.3 is 0 Å². The second-order valence-electron chi connectivity index (χ2n) is 4.36. The number of thioether (sulfide) groups is 1. The summed E-state index contributed by atoms with van der Waals surface area (Å²) in [6.45, 7) is 2.23. The van der Waals surface area contributed by atoms with Crippen LogP contribution in [0.15, 0.2) is 36.7 Å². The van der Waals surface area contributed by atoms with Crippen molar-refractivity contribution in [3.63, 3.8) is 0 Å². The smallest absolute Gasteiger partial charge is 0.0415 e. The molecule has 0 spiro atoms. The highest BCUT2D eigenvalue weighted by atomic mass is 32.2. The molecule has 96 valence electrons. The highest BCUT2D eigenvalue weighted by molar-refractivity contribution is 7.99. The van der Waals surface area contributed by atoms with E-state index in [0.717, 1.165) is 5.75 Å². The molecule has 1 aromatic heterocycles. The molecule has 2 rings (SSSR count). The lowest BCUT2D eigenvalue weighted by Crippen LogP contribution is -2.19. The molecule has 0 fully saturated rings. The quantitative estimate of drug-likeness (QED) is 0.803. The zero-order valence-electron chi connectivity index (χ0n) is 11.0. The van der Waals surface area contributed by atoms with Gasteiger partial charge in [-0.05, 0) is 36.2 Å². The Balaban J connectivity index is 2.27. The van der Waals surface area contributed by atoms with Crippen LogP contribution in [0.3, 0.4) is 0 Å². The zero-order valence-corrected chi connectivity index (χ0v) is 11.8. The lowest BCUT2D eigenvalue weighted by Gasteiger charge is -2.18. The van der Waals surface area contributed by atoms with E-state index in [0.29, 0.717) is 6.04 Å². The summed E-state index contributed by atoms with van der Waals surface area (Å²) in [4.78, 5) is 4.19. The number of nitrogens with one attached hydrogen (secondary N) is 1. The van der Waals surface area contributed by atoms with Crippen LogP contribution in [0.2, 0.25) is 0 Å². The average Bonchev–Trinajstić information content (AvgIpc) is 2.43. The summed E-state index contributed by atoms with van der Waals surface area (Å²) in [6.07, 6.45) is 5.04. The second kappa shape index (κ2) is 6.76. The van der Waals surface area contributed by atoms with Crippen molar-refractivity contribution in [1.82, 2.24) is 10.3 Å². The van der Waals surface area contributed by atoms with Gasteiger partial charge < -0.3 is 5.32 Å². The molecule has 1 N–H and O–H groups in total. The van der Waals surface area contributed by atoms with E-state index in [1.807, 2.05) is 31.2 Å². The van der Waals surface area contributed by atoms with E-state index in [1.165, 1.54) is 28.5 Å². The summed E-state index contributed by atoms with van der Waals surface area (Å²) < 4.78 is 0. The first-order valence-electron chi connectivity index (χ1n) is 6.44. The molecule has 0 saturated carbocycles. The fourth-order valence-electron chi connectivity index (χ4n) is 2.13. The molecule has 1 unspecified atom stereocenters. The van der Waals surface area contributed by atoms with Crippen molar-refractivity contribution in [2.75, 3.05) is 18.6 Å². The predicted octanol–water partition coefficient (Wildman–Crippen LogP) is 3.64. The molecule has 0 aliphatic heterocycles. The van der Waals surface area contributed by atoms with Crippen molar-refractivity contribution in [2.24, 2.45) is 0 Å². The summed E-state index contributed by atoms with van der Waals surface area (Å²) in [5, 5.41) is 5.96. The van der Waals surface area contributed by atoms with Gasteiger partial charge in [-0.15, -0.1) is 0 Å². The molecule has 0 aliphatic carbocycles. The van der Waals surface area contributed by atoms with Crippen LogP contribution in [-0.2, 0) is 0 Å². The Labute approximate surface area is 113 Å². The van der Waals surface area contributed by atoms with Crippen LogP contribution in [0.25, 0.3) is 10.8 Å². The maximum Gasteiger partial charge on any atom is 0.0415 e. The first kappa shape index (κ1) is 13.4. The zero-order chi connectivity index (χ0) is 12.8. The van der Waals surface area contributed by atoms with Crippen molar-refractivity contribution in [2.45, 2.75) is 19.4 Å². The van der Waals surface area contributed by atoms with E-state index in [4.69, 9.17) is 0 Å². The van der Waals surface area contributed by atoms with Gasteiger partial charge in [-0.2, -0.15) is 11.8 Å². The van der Waals surface area contributed by atoms with Gasteiger partial charge in [0.05, 0.1) is 0 Å². The number of hydrogen-bond donors (Lipinski definition) is 1. The van der Waals surface area contributed by atoms with E-state index in [-0.39, 0.29) is 0 Å². The highest BCUT2D eigenvalue weighted by Gasteiger charge is 2.11. The average molecular weight is 260 g/mol. The van der Waals surface area contributed by atoms with E-state index in [1.54, 1.807) is 0 Å². The Morgan fingerprint density at radius 2 is 2.22 bits per heavy atom. The van der Waals surface area contributed by atoms with Gasteiger partial charge in [-0.3, -0.25) is 4.98 Å². The van der Waals surface area contributed by atoms with Gasteiger partial charge in [0.25, 0.3) is 0 Å². The molecule has 0 bridgehead atoms. The van der Waals surface area contributed by atoms with Crippen molar-refractivity contribution in [3.8, 4) is 0 Å². The van der Waals surface area contributed by atoms with E-state index < -0.39 is 0 Å². The SMILES string of the molecule is CCCSCC(NC)c1cccc2cnccc12. The van der Waals surface area contributed by atoms with Crippen LogP contribution in [0, 0.1) is 0 Å². The third kappa shape index (κ3) is 3.03. The molecule has 18 heavy (non-hydrogen) atoms. The Bertz CT molecular complexity index is 493. The van der Waals surface area contributed by atoms with Gasteiger partial charge in [0.15, 0.2) is 0 Å². The van der Waals surface area contributed by atoms with Crippen LogP contribution >= 0.6 is 11.8 Å². The van der Waals surface area contributed by atoms with Crippen LogP contribution < -0.4 is 5.32 Å². The second-order valence-corrected chi connectivity index (χ2v) is 5.51. The molecule has 2 aromatic rings. The molecule has 1 aromatic carbocycles. The molecule has 1 atom stereocenters. The molecule has 0 aliphatic rings. The monoisotopic (exact) mass is 260 g/mol. The van der Waals surface area contributed by atoms with Gasteiger partial charge in [0, 0.05) is 29.6 Å². The minimum atomic E-state index is 0.410. The minimum absolute atomic E-state index is 0.410. The summed E-state index contributed by atoms with van der Waals surface area (Å²) in [6, 6.07) is 8.98. The first-order chi connectivity index (χ1) is 8.86.